The highest BCUT2D eigenvalue weighted by atomic mass is 32.2. The van der Waals surface area contributed by atoms with E-state index in [0.29, 0.717) is 11.3 Å². The zero-order valence-corrected chi connectivity index (χ0v) is 12.6. The van der Waals surface area contributed by atoms with Crippen molar-refractivity contribution in [1.82, 2.24) is 0 Å². The van der Waals surface area contributed by atoms with Gasteiger partial charge in [-0.1, -0.05) is 17.8 Å². The van der Waals surface area contributed by atoms with E-state index in [0.717, 1.165) is 17.3 Å². The Morgan fingerprint density at radius 2 is 2.10 bits per heavy atom. The van der Waals surface area contributed by atoms with Crippen LogP contribution in [0.4, 0.5) is 5.69 Å². The Bertz CT molecular complexity index is 696. The zero-order valence-electron chi connectivity index (χ0n) is 11.0. The number of carboxylic acids is 1. The van der Waals surface area contributed by atoms with Crippen LogP contribution in [0.1, 0.15) is 17.5 Å². The monoisotopic (exact) mass is 314 g/mol. The van der Waals surface area contributed by atoms with Crippen LogP contribution in [0.3, 0.4) is 0 Å². The van der Waals surface area contributed by atoms with E-state index in [4.69, 9.17) is 5.11 Å². The molecule has 1 heterocycles. The molecule has 0 spiro atoms. The lowest BCUT2D eigenvalue weighted by Crippen LogP contribution is -2.20. The highest BCUT2D eigenvalue weighted by molar-refractivity contribution is 8.14. The summed E-state index contributed by atoms with van der Waals surface area (Å²) in [5.74, 6) is -0.666. The SMILES string of the molecule is Cc1cc(C)c2c(c1)NC(SCCC(=O)O)=NS2(=O)=O. The first-order chi connectivity index (χ1) is 9.29. The third kappa shape index (κ3) is 3.13. The van der Waals surface area contributed by atoms with Crippen LogP contribution in [-0.4, -0.2) is 30.4 Å². The van der Waals surface area contributed by atoms with Crippen LogP contribution in [-0.2, 0) is 14.8 Å². The van der Waals surface area contributed by atoms with Gasteiger partial charge >= 0.3 is 5.97 Å². The van der Waals surface area contributed by atoms with E-state index < -0.39 is 16.0 Å². The van der Waals surface area contributed by atoms with Crippen LogP contribution in [0.5, 0.6) is 0 Å². The predicted molar refractivity (Wildman–Crippen MR) is 78.9 cm³/mol. The molecule has 0 radical (unpaired) electrons. The number of aliphatic carboxylic acids is 1. The third-order valence-corrected chi connectivity index (χ3v) is 5.15. The van der Waals surface area contributed by atoms with Crippen molar-refractivity contribution in [3.05, 3.63) is 23.3 Å². The molecule has 8 heteroatoms. The van der Waals surface area contributed by atoms with Crippen molar-refractivity contribution in [2.45, 2.75) is 25.2 Å². The van der Waals surface area contributed by atoms with E-state index in [-0.39, 0.29) is 22.2 Å². The minimum absolute atomic E-state index is 0.0505. The molecule has 6 nitrogen and oxygen atoms in total. The zero-order chi connectivity index (χ0) is 14.9. The van der Waals surface area contributed by atoms with Gasteiger partial charge in [0, 0.05) is 5.75 Å². The molecule has 1 aliphatic heterocycles. The predicted octanol–water partition coefficient (Wildman–Crippen LogP) is 1.98. The number of rotatable bonds is 3. The Morgan fingerprint density at radius 3 is 2.75 bits per heavy atom. The minimum Gasteiger partial charge on any atom is -0.481 e. The van der Waals surface area contributed by atoms with Gasteiger partial charge in [0.25, 0.3) is 10.0 Å². The van der Waals surface area contributed by atoms with Crippen molar-refractivity contribution in [3.63, 3.8) is 0 Å². The van der Waals surface area contributed by atoms with Gasteiger partial charge < -0.3 is 10.4 Å². The Labute approximate surface area is 121 Å². The average Bonchev–Trinajstić information content (AvgIpc) is 2.24. The first-order valence-corrected chi connectivity index (χ1v) is 8.30. The van der Waals surface area contributed by atoms with Crippen LogP contribution in [0.2, 0.25) is 0 Å². The lowest BCUT2D eigenvalue weighted by molar-refractivity contribution is -0.136. The number of hydrogen-bond donors (Lipinski definition) is 2. The van der Waals surface area contributed by atoms with E-state index >= 15 is 0 Å². The molecule has 0 bridgehead atoms. The second-order valence-corrected chi connectivity index (χ2v) is 7.07. The molecule has 0 fully saturated rings. The molecular formula is C12H14N2O4S2. The smallest absolute Gasteiger partial charge is 0.304 e. The quantitative estimate of drug-likeness (QED) is 0.885. The fourth-order valence-corrected chi connectivity index (χ4v) is 4.35. The van der Waals surface area contributed by atoms with Gasteiger partial charge in [0.1, 0.15) is 4.90 Å². The van der Waals surface area contributed by atoms with Crippen molar-refractivity contribution >= 4 is 38.6 Å². The number of nitrogens with zero attached hydrogens (tertiary/aromatic N) is 1. The molecule has 1 aliphatic rings. The van der Waals surface area contributed by atoms with Gasteiger partial charge in [-0.15, -0.1) is 4.40 Å². The molecule has 0 saturated carbocycles. The first-order valence-electron chi connectivity index (χ1n) is 5.87. The topological polar surface area (TPSA) is 95.8 Å². The molecule has 1 aromatic carbocycles. The van der Waals surface area contributed by atoms with Crippen molar-refractivity contribution in [2.75, 3.05) is 11.1 Å². The molecular weight excluding hydrogens is 300 g/mol. The van der Waals surface area contributed by atoms with Crippen LogP contribution in [0.15, 0.2) is 21.4 Å². The van der Waals surface area contributed by atoms with Gasteiger partial charge in [-0.25, -0.2) is 0 Å². The van der Waals surface area contributed by atoms with E-state index in [9.17, 15) is 13.2 Å². The minimum atomic E-state index is -3.73. The summed E-state index contributed by atoms with van der Waals surface area (Å²) in [4.78, 5) is 10.6. The summed E-state index contributed by atoms with van der Waals surface area (Å²) < 4.78 is 28.0. The van der Waals surface area contributed by atoms with Crippen molar-refractivity contribution in [2.24, 2.45) is 4.40 Å². The highest BCUT2D eigenvalue weighted by Gasteiger charge is 2.27. The molecule has 2 N–H and O–H groups in total. The van der Waals surface area contributed by atoms with Gasteiger partial charge in [0.2, 0.25) is 0 Å². The summed E-state index contributed by atoms with van der Waals surface area (Å²) in [6.45, 7) is 3.60. The fourth-order valence-electron chi connectivity index (χ4n) is 1.98. The number of aryl methyl sites for hydroxylation is 2. The number of fused-ring (bicyclic) bond motifs is 1. The summed E-state index contributed by atoms with van der Waals surface area (Å²) in [6.07, 6.45) is -0.0505. The molecule has 108 valence electrons. The van der Waals surface area contributed by atoms with Gasteiger partial charge in [0.15, 0.2) is 5.17 Å². The van der Waals surface area contributed by atoms with Crippen LogP contribution >= 0.6 is 11.8 Å². The summed E-state index contributed by atoms with van der Waals surface area (Å²) >= 11 is 1.08. The third-order valence-electron chi connectivity index (χ3n) is 2.68. The molecule has 20 heavy (non-hydrogen) atoms. The number of carbonyl (C=O) groups is 1. The summed E-state index contributed by atoms with van der Waals surface area (Å²) in [7, 11) is -3.73. The summed E-state index contributed by atoms with van der Waals surface area (Å²) in [5.41, 5.74) is 2.09. The van der Waals surface area contributed by atoms with Crippen molar-refractivity contribution < 1.29 is 18.3 Å². The maximum atomic E-state index is 12.2. The first kappa shape index (κ1) is 14.9. The average molecular weight is 314 g/mol. The summed E-state index contributed by atoms with van der Waals surface area (Å²) in [6, 6.07) is 3.53. The maximum absolute atomic E-state index is 12.2. The van der Waals surface area contributed by atoms with E-state index in [1.807, 2.05) is 6.92 Å². The normalized spacial score (nSPS) is 16.0. The molecule has 0 aromatic heterocycles. The lowest BCUT2D eigenvalue weighted by atomic mass is 10.1. The molecule has 0 unspecified atom stereocenters. The molecule has 0 amide bonds. The second kappa shape index (κ2) is 5.45. The van der Waals surface area contributed by atoms with Crippen LogP contribution < -0.4 is 5.32 Å². The number of sulfonamides is 1. The molecule has 0 aliphatic carbocycles. The number of anilines is 1. The largest absolute Gasteiger partial charge is 0.481 e. The number of thioether (sulfide) groups is 1. The van der Waals surface area contributed by atoms with E-state index in [2.05, 4.69) is 9.71 Å². The molecule has 1 aromatic rings. The number of benzene rings is 1. The number of carboxylic acid groups (broad SMARTS) is 1. The van der Waals surface area contributed by atoms with E-state index in [1.54, 1.807) is 19.1 Å². The van der Waals surface area contributed by atoms with Crippen LogP contribution in [0.25, 0.3) is 0 Å². The number of nitrogens with one attached hydrogen (secondary N) is 1. The Morgan fingerprint density at radius 1 is 1.40 bits per heavy atom. The number of hydrogen-bond acceptors (Lipinski definition) is 5. The lowest BCUT2D eigenvalue weighted by Gasteiger charge is -2.19. The molecule has 0 saturated heterocycles. The van der Waals surface area contributed by atoms with Gasteiger partial charge in [-0.2, -0.15) is 8.42 Å². The second-order valence-electron chi connectivity index (χ2n) is 4.45. The van der Waals surface area contributed by atoms with Crippen LogP contribution in [0, 0.1) is 13.8 Å². The van der Waals surface area contributed by atoms with E-state index in [1.165, 1.54) is 0 Å². The Kier molecular flexibility index (Phi) is 4.05. The number of amidine groups is 1. The standard InChI is InChI=1S/C12H14N2O4S2/c1-7-5-8(2)11-9(6-7)13-12(14-20(11,17)18)19-4-3-10(15)16/h5-6H,3-4H2,1-2H3,(H,13,14)(H,15,16). The van der Waals surface area contributed by atoms with Crippen molar-refractivity contribution in [3.8, 4) is 0 Å². The Balaban J connectivity index is 2.31. The van der Waals surface area contributed by atoms with Gasteiger partial charge in [-0.05, 0) is 31.0 Å². The summed E-state index contributed by atoms with van der Waals surface area (Å²) in [5, 5.41) is 11.7. The highest BCUT2D eigenvalue weighted by Crippen LogP contribution is 2.33. The molecule has 2 rings (SSSR count). The Hall–Kier alpha value is -1.54. The molecule has 0 atom stereocenters. The van der Waals surface area contributed by atoms with Crippen molar-refractivity contribution in [1.29, 1.82) is 0 Å². The van der Waals surface area contributed by atoms with Gasteiger partial charge in [-0.3, -0.25) is 4.79 Å². The fraction of sp³-hybridized carbons (Fsp3) is 0.333. The van der Waals surface area contributed by atoms with Gasteiger partial charge in [0.05, 0.1) is 12.1 Å². The maximum Gasteiger partial charge on any atom is 0.304 e.